The van der Waals surface area contributed by atoms with Crippen molar-refractivity contribution in [3.63, 3.8) is 0 Å². The second kappa shape index (κ2) is 20.2. The minimum absolute atomic E-state index is 0.00281. The third-order valence-electron chi connectivity index (χ3n) is 10.0. The van der Waals surface area contributed by atoms with E-state index in [0.717, 1.165) is 30.6 Å². The smallest absolute Gasteiger partial charge is 0.249 e. The van der Waals surface area contributed by atoms with Gasteiger partial charge in [-0.05, 0) is 98.6 Å². The minimum Gasteiger partial charge on any atom is -0.363 e. The molecular formula is C39H52N10O5S. The van der Waals surface area contributed by atoms with Crippen LogP contribution in [0.2, 0.25) is 0 Å². The Morgan fingerprint density at radius 1 is 0.945 bits per heavy atom. The van der Waals surface area contributed by atoms with E-state index in [1.807, 2.05) is 30.3 Å². The van der Waals surface area contributed by atoms with Crippen molar-refractivity contribution in [3.8, 4) is 11.8 Å². The lowest BCUT2D eigenvalue weighted by molar-refractivity contribution is -0.142. The molecule has 2 aromatic carbocycles. The van der Waals surface area contributed by atoms with E-state index in [2.05, 4.69) is 43.3 Å². The number of tetrazole rings is 1. The van der Waals surface area contributed by atoms with E-state index in [9.17, 15) is 19.2 Å². The fourth-order valence-electron chi connectivity index (χ4n) is 6.43. The number of hydrogen-bond donors (Lipinski definition) is 4. The first-order valence-electron chi connectivity index (χ1n) is 18.9. The van der Waals surface area contributed by atoms with Gasteiger partial charge in [0, 0.05) is 42.6 Å². The van der Waals surface area contributed by atoms with Gasteiger partial charge in [0.1, 0.15) is 18.7 Å². The standard InChI is InChI=1S/C39H52N10O5S/c1-26(24-40)35(50)42-33(38(53)48-22-10-13-31(48)25-49-39(44-45-46-49)55-32-14-6-5-7-15-32)28(3)54-23-11-12-29-16-18-30(19-17-29)34(43-36(51)27(2)41-4)37(52)47-20-8-9-21-47/h5-7,14-19,26-28,31,33-34,41H,8-10,13,20-25,40H2,1-4H3,(H,42,50)(H,43,51)/t26-,27-,28-,31+,33+,34-/m1/s1. The fourth-order valence-corrected chi connectivity index (χ4v) is 7.22. The number of ether oxygens (including phenoxy) is 1. The van der Waals surface area contributed by atoms with Crippen LogP contribution in [0.3, 0.4) is 0 Å². The number of carbonyl (C=O) groups is 4. The highest BCUT2D eigenvalue weighted by molar-refractivity contribution is 7.99. The number of aromatic nitrogens is 4. The van der Waals surface area contributed by atoms with Gasteiger partial charge in [-0.1, -0.05) is 49.1 Å². The molecule has 2 aliphatic rings. The van der Waals surface area contributed by atoms with Crippen LogP contribution in [-0.2, 0) is 30.5 Å². The van der Waals surface area contributed by atoms with Crippen molar-refractivity contribution in [1.82, 2.24) is 46.0 Å². The quantitative estimate of drug-likeness (QED) is 0.155. The molecule has 2 aliphatic heterocycles. The van der Waals surface area contributed by atoms with Gasteiger partial charge in [0.15, 0.2) is 0 Å². The van der Waals surface area contributed by atoms with Crippen LogP contribution in [0, 0.1) is 17.8 Å². The molecule has 55 heavy (non-hydrogen) atoms. The second-order valence-electron chi connectivity index (χ2n) is 13.9. The fraction of sp³-hybridized carbons (Fsp3) is 0.513. The van der Waals surface area contributed by atoms with Crippen LogP contribution in [-0.4, -0.2) is 118 Å². The molecule has 0 saturated carbocycles. The molecule has 294 valence electrons. The highest BCUT2D eigenvalue weighted by Gasteiger charge is 2.38. The van der Waals surface area contributed by atoms with E-state index in [1.165, 1.54) is 11.8 Å². The Hall–Kier alpha value is -4.82. The molecular weight excluding hydrogens is 721 g/mol. The number of hydrogen-bond acceptors (Lipinski definition) is 11. The molecule has 1 aromatic heterocycles. The SMILES string of the molecule is CN[C@H](C)C(=O)N[C@@H](C(=O)N1CCCC1)c1ccc(C#CCO[C@H](C)[C@H](NC(=O)[C@H](C)CN)C(=O)N2CCC[C@H]2Cn2nnnc2Sc2ccccc2)cc1. The number of nitrogens with one attached hydrogen (secondary N) is 3. The molecule has 2 fully saturated rings. The predicted molar refractivity (Wildman–Crippen MR) is 207 cm³/mol. The number of rotatable bonds is 16. The molecule has 0 aliphatic carbocycles. The summed E-state index contributed by atoms with van der Waals surface area (Å²) in [4.78, 5) is 58.0. The van der Waals surface area contributed by atoms with Crippen LogP contribution < -0.4 is 21.7 Å². The van der Waals surface area contributed by atoms with Crippen molar-refractivity contribution in [2.75, 3.05) is 39.8 Å². The van der Waals surface area contributed by atoms with Gasteiger partial charge in [0.2, 0.25) is 28.8 Å². The molecule has 16 heteroatoms. The monoisotopic (exact) mass is 772 g/mol. The van der Waals surface area contributed by atoms with Gasteiger partial charge in [0.25, 0.3) is 0 Å². The van der Waals surface area contributed by atoms with Crippen molar-refractivity contribution in [3.05, 3.63) is 65.7 Å². The van der Waals surface area contributed by atoms with E-state index in [-0.39, 0.29) is 42.8 Å². The summed E-state index contributed by atoms with van der Waals surface area (Å²) in [5.41, 5.74) is 7.14. The molecule has 6 atom stereocenters. The summed E-state index contributed by atoms with van der Waals surface area (Å²) < 4.78 is 7.78. The van der Waals surface area contributed by atoms with Crippen LogP contribution in [0.1, 0.15) is 63.6 Å². The maximum atomic E-state index is 14.2. The molecule has 5 N–H and O–H groups in total. The molecule has 0 spiro atoms. The number of carbonyl (C=O) groups excluding carboxylic acids is 4. The van der Waals surface area contributed by atoms with Crippen molar-refractivity contribution in [2.24, 2.45) is 11.7 Å². The first-order chi connectivity index (χ1) is 26.6. The van der Waals surface area contributed by atoms with Gasteiger partial charge < -0.3 is 36.2 Å². The van der Waals surface area contributed by atoms with Crippen LogP contribution in [0.15, 0.2) is 64.6 Å². The Kier molecular flexibility index (Phi) is 15.2. The van der Waals surface area contributed by atoms with Crippen LogP contribution in [0.5, 0.6) is 0 Å². The van der Waals surface area contributed by atoms with Gasteiger partial charge in [0.05, 0.1) is 24.7 Å². The summed E-state index contributed by atoms with van der Waals surface area (Å²) in [7, 11) is 1.70. The largest absolute Gasteiger partial charge is 0.363 e. The normalized spacial score (nSPS) is 18.1. The van der Waals surface area contributed by atoms with Gasteiger partial charge in [-0.3, -0.25) is 19.2 Å². The van der Waals surface area contributed by atoms with Gasteiger partial charge in [-0.25, -0.2) is 4.68 Å². The summed E-state index contributed by atoms with van der Waals surface area (Å²) >= 11 is 1.45. The summed E-state index contributed by atoms with van der Waals surface area (Å²) in [5.74, 6) is 4.60. The summed E-state index contributed by atoms with van der Waals surface area (Å²) in [6, 6.07) is 14.6. The zero-order valence-corrected chi connectivity index (χ0v) is 32.8. The summed E-state index contributed by atoms with van der Waals surface area (Å²) in [6.07, 6.45) is 2.73. The topological polar surface area (TPSA) is 190 Å². The summed E-state index contributed by atoms with van der Waals surface area (Å²) in [6.45, 7) is 7.60. The average Bonchev–Trinajstić information content (AvgIpc) is 4.01. The Bertz CT molecular complexity index is 1810. The van der Waals surface area contributed by atoms with Crippen molar-refractivity contribution < 1.29 is 23.9 Å². The second-order valence-corrected chi connectivity index (χ2v) is 15.0. The maximum Gasteiger partial charge on any atom is 0.249 e. The van der Waals surface area contributed by atoms with E-state index in [0.29, 0.717) is 42.5 Å². The van der Waals surface area contributed by atoms with Crippen LogP contribution in [0.25, 0.3) is 0 Å². The van der Waals surface area contributed by atoms with Crippen molar-refractivity contribution in [2.45, 2.75) is 93.3 Å². The third-order valence-corrected chi connectivity index (χ3v) is 11.0. The molecule has 2 saturated heterocycles. The molecule has 3 heterocycles. The molecule has 0 bridgehead atoms. The highest BCUT2D eigenvalue weighted by atomic mass is 32.2. The Morgan fingerprint density at radius 3 is 2.36 bits per heavy atom. The van der Waals surface area contributed by atoms with Crippen LogP contribution in [0.4, 0.5) is 0 Å². The van der Waals surface area contributed by atoms with Crippen molar-refractivity contribution >= 4 is 35.4 Å². The Labute approximate surface area is 326 Å². The number of nitrogens with two attached hydrogens (primary N) is 1. The van der Waals surface area contributed by atoms with Gasteiger partial charge >= 0.3 is 0 Å². The maximum absolute atomic E-state index is 14.2. The number of amides is 4. The molecule has 4 amide bonds. The number of likely N-dealkylation sites (N-methyl/N-ethyl adjacent to an activating group) is 1. The first kappa shape index (κ1) is 41.3. The lowest BCUT2D eigenvalue weighted by Crippen LogP contribution is -2.57. The highest BCUT2D eigenvalue weighted by Crippen LogP contribution is 2.27. The molecule has 0 unspecified atom stereocenters. The lowest BCUT2D eigenvalue weighted by atomic mass is 10.0. The zero-order chi connectivity index (χ0) is 39.3. The number of nitrogens with zero attached hydrogens (tertiary/aromatic N) is 6. The predicted octanol–water partition coefficient (Wildman–Crippen LogP) is 1.74. The average molecular weight is 773 g/mol. The Morgan fingerprint density at radius 2 is 1.67 bits per heavy atom. The van der Waals surface area contributed by atoms with Gasteiger partial charge in [-0.15, -0.1) is 5.10 Å². The summed E-state index contributed by atoms with van der Waals surface area (Å²) in [5, 5.41) is 21.6. The van der Waals surface area contributed by atoms with E-state index in [4.69, 9.17) is 10.5 Å². The zero-order valence-electron chi connectivity index (χ0n) is 31.9. The van der Waals surface area contributed by atoms with Gasteiger partial charge in [-0.2, -0.15) is 0 Å². The lowest BCUT2D eigenvalue weighted by Gasteiger charge is -2.32. The van der Waals surface area contributed by atoms with E-state index < -0.39 is 30.1 Å². The Balaban J connectivity index is 1.24. The number of likely N-dealkylation sites (tertiary alicyclic amines) is 2. The number of benzene rings is 2. The van der Waals surface area contributed by atoms with Crippen LogP contribution >= 0.6 is 11.8 Å². The molecule has 15 nitrogen and oxygen atoms in total. The molecule has 5 rings (SSSR count). The van der Waals surface area contributed by atoms with Crippen molar-refractivity contribution in [1.29, 1.82) is 0 Å². The third kappa shape index (κ3) is 11.1. The van der Waals surface area contributed by atoms with E-state index >= 15 is 0 Å². The molecule has 0 radical (unpaired) electrons. The first-order valence-corrected chi connectivity index (χ1v) is 19.7. The van der Waals surface area contributed by atoms with E-state index in [1.54, 1.807) is 66.6 Å². The molecule has 3 aromatic rings. The minimum atomic E-state index is -0.971.